The summed E-state index contributed by atoms with van der Waals surface area (Å²) in [5.41, 5.74) is 0. The standard InChI is InChI=1S/C25H46N2O9.C4H10/c1-17-23(32)24(33)20(15-28)36-25(17)35-12-8-4-5-9-21(30)26-11-7-3-6-10-22(31)27-14-19(29)13-18(27)16-34-2;1-4(2)3/h17-20,23-25,28-29,32-33H,3-16H2,1-2H3,(H,26,30);4H,1-3H3/t17?,18-,19+,20?,23+,24-,25+;/m0./s1. The lowest BCUT2D eigenvalue weighted by Crippen LogP contribution is -2.55. The molecule has 2 amide bonds. The SMILES string of the molecule is CC(C)C.COC[C@@H]1C[C@@H](O)CN1C(=O)CCCCCNC(=O)CCCCCO[C@@H]1OC(CO)[C@H](O)[C@H](O)C1C. The minimum absolute atomic E-state index is 0.00703. The number of hydrogen-bond acceptors (Lipinski definition) is 9. The molecule has 7 atom stereocenters. The smallest absolute Gasteiger partial charge is 0.222 e. The summed E-state index contributed by atoms with van der Waals surface area (Å²) in [6, 6.07) is -0.0481. The highest BCUT2D eigenvalue weighted by Crippen LogP contribution is 2.27. The van der Waals surface area contributed by atoms with Gasteiger partial charge in [-0.05, 0) is 38.0 Å². The molecule has 2 unspecified atom stereocenters. The van der Waals surface area contributed by atoms with E-state index < -0.39 is 43.2 Å². The molecular weight excluding hydrogens is 520 g/mol. The number of β-amino-alcohol motifs (C(OH)–C–C–N with tert-alkyl or cyclic N) is 1. The number of unbranched alkanes of at least 4 members (excludes halogenated alkanes) is 4. The Morgan fingerprint density at radius 2 is 1.65 bits per heavy atom. The number of likely N-dealkylation sites (tertiary alicyclic amines) is 1. The van der Waals surface area contributed by atoms with E-state index >= 15 is 0 Å². The zero-order valence-electron chi connectivity index (χ0n) is 25.3. The molecule has 236 valence electrons. The molecule has 0 saturated carbocycles. The van der Waals surface area contributed by atoms with Crippen LogP contribution in [0.25, 0.3) is 0 Å². The van der Waals surface area contributed by atoms with Crippen molar-refractivity contribution in [1.82, 2.24) is 10.2 Å². The van der Waals surface area contributed by atoms with E-state index in [1.807, 2.05) is 0 Å². The van der Waals surface area contributed by atoms with Crippen molar-refractivity contribution in [3.8, 4) is 0 Å². The summed E-state index contributed by atoms with van der Waals surface area (Å²) in [6.45, 7) is 9.64. The molecule has 0 radical (unpaired) electrons. The monoisotopic (exact) mass is 576 g/mol. The third kappa shape index (κ3) is 14.0. The number of nitrogens with one attached hydrogen (secondary N) is 1. The Balaban J connectivity index is 0.00000187. The van der Waals surface area contributed by atoms with Gasteiger partial charge in [-0.1, -0.05) is 40.5 Å². The largest absolute Gasteiger partial charge is 0.394 e. The van der Waals surface area contributed by atoms with E-state index in [0.29, 0.717) is 45.6 Å². The van der Waals surface area contributed by atoms with Gasteiger partial charge in [-0.3, -0.25) is 9.59 Å². The fourth-order valence-electron chi connectivity index (χ4n) is 4.76. The summed E-state index contributed by atoms with van der Waals surface area (Å²) >= 11 is 0. The van der Waals surface area contributed by atoms with Crippen molar-refractivity contribution in [1.29, 1.82) is 0 Å². The number of carbonyl (C=O) groups is 2. The molecule has 0 bridgehead atoms. The number of methoxy groups -OCH3 is 1. The normalized spacial score (nSPS) is 28.4. The summed E-state index contributed by atoms with van der Waals surface area (Å²) in [6.07, 6.45) is 1.93. The highest BCUT2D eigenvalue weighted by molar-refractivity contribution is 5.77. The second kappa shape index (κ2) is 20.5. The van der Waals surface area contributed by atoms with Gasteiger partial charge in [0.25, 0.3) is 0 Å². The summed E-state index contributed by atoms with van der Waals surface area (Å²) < 4.78 is 16.3. The van der Waals surface area contributed by atoms with E-state index in [-0.39, 0.29) is 17.9 Å². The summed E-state index contributed by atoms with van der Waals surface area (Å²) in [5, 5.41) is 41.9. The lowest BCUT2D eigenvalue weighted by Gasteiger charge is -2.40. The molecule has 0 aromatic heterocycles. The van der Waals surface area contributed by atoms with Crippen LogP contribution in [0.5, 0.6) is 0 Å². The Kier molecular flexibility index (Phi) is 18.8. The van der Waals surface area contributed by atoms with Crippen molar-refractivity contribution >= 4 is 11.8 Å². The first-order valence-electron chi connectivity index (χ1n) is 15.0. The minimum Gasteiger partial charge on any atom is -0.394 e. The molecule has 0 aliphatic carbocycles. The Labute approximate surface area is 240 Å². The average Bonchev–Trinajstić information content (AvgIpc) is 3.27. The van der Waals surface area contributed by atoms with Crippen LogP contribution in [0.2, 0.25) is 0 Å². The van der Waals surface area contributed by atoms with E-state index in [9.17, 15) is 30.0 Å². The molecule has 2 aliphatic rings. The second-order valence-electron chi connectivity index (χ2n) is 11.7. The quantitative estimate of drug-likeness (QED) is 0.172. The highest BCUT2D eigenvalue weighted by atomic mass is 16.7. The van der Waals surface area contributed by atoms with Crippen LogP contribution in [0.3, 0.4) is 0 Å². The molecule has 2 rings (SSSR count). The fourth-order valence-corrected chi connectivity index (χ4v) is 4.76. The molecule has 0 spiro atoms. The molecule has 2 fully saturated rings. The van der Waals surface area contributed by atoms with Crippen LogP contribution in [0.4, 0.5) is 0 Å². The molecule has 2 aliphatic heterocycles. The number of aliphatic hydroxyl groups excluding tert-OH is 4. The lowest BCUT2D eigenvalue weighted by molar-refractivity contribution is -0.282. The van der Waals surface area contributed by atoms with Gasteiger partial charge in [-0.15, -0.1) is 0 Å². The van der Waals surface area contributed by atoms with Crippen LogP contribution in [0, 0.1) is 11.8 Å². The first-order valence-corrected chi connectivity index (χ1v) is 15.0. The van der Waals surface area contributed by atoms with Gasteiger partial charge in [-0.25, -0.2) is 0 Å². The number of carbonyl (C=O) groups excluding carboxylic acids is 2. The summed E-state index contributed by atoms with van der Waals surface area (Å²) in [7, 11) is 1.60. The molecule has 0 aromatic rings. The Morgan fingerprint density at radius 1 is 1.00 bits per heavy atom. The Bertz CT molecular complexity index is 692. The topological polar surface area (TPSA) is 158 Å². The predicted octanol–water partition coefficient (Wildman–Crippen LogP) is 1.59. The Hall–Kier alpha value is -1.34. The van der Waals surface area contributed by atoms with Crippen LogP contribution in [0.15, 0.2) is 0 Å². The zero-order valence-corrected chi connectivity index (χ0v) is 25.3. The van der Waals surface area contributed by atoms with Crippen molar-refractivity contribution in [3.63, 3.8) is 0 Å². The molecule has 11 heteroatoms. The fraction of sp³-hybridized carbons (Fsp3) is 0.931. The first kappa shape index (κ1) is 36.7. The zero-order chi connectivity index (χ0) is 30.1. The van der Waals surface area contributed by atoms with E-state index in [4.69, 9.17) is 14.2 Å². The molecular formula is C29H56N2O9. The number of ether oxygens (including phenoxy) is 3. The van der Waals surface area contributed by atoms with Crippen molar-refractivity contribution < 1.29 is 44.2 Å². The van der Waals surface area contributed by atoms with Crippen LogP contribution in [-0.2, 0) is 23.8 Å². The molecule has 0 aromatic carbocycles. The molecule has 40 heavy (non-hydrogen) atoms. The average molecular weight is 577 g/mol. The van der Waals surface area contributed by atoms with Crippen LogP contribution in [0.1, 0.15) is 85.5 Å². The van der Waals surface area contributed by atoms with Crippen molar-refractivity contribution in [2.24, 2.45) is 11.8 Å². The van der Waals surface area contributed by atoms with E-state index in [0.717, 1.165) is 44.4 Å². The maximum atomic E-state index is 12.4. The van der Waals surface area contributed by atoms with Crippen LogP contribution in [-0.4, -0.2) is 114 Å². The van der Waals surface area contributed by atoms with Gasteiger partial charge in [0, 0.05) is 45.6 Å². The highest BCUT2D eigenvalue weighted by Gasteiger charge is 2.42. The maximum absolute atomic E-state index is 12.4. The minimum atomic E-state index is -1.13. The van der Waals surface area contributed by atoms with Gasteiger partial charge < -0.3 is 44.9 Å². The lowest BCUT2D eigenvalue weighted by atomic mass is 9.92. The van der Waals surface area contributed by atoms with Gasteiger partial charge in [0.2, 0.25) is 11.8 Å². The van der Waals surface area contributed by atoms with Crippen molar-refractivity contribution in [3.05, 3.63) is 0 Å². The number of aliphatic hydroxyl groups is 4. The number of hydrogen-bond donors (Lipinski definition) is 5. The van der Waals surface area contributed by atoms with E-state index in [2.05, 4.69) is 26.1 Å². The van der Waals surface area contributed by atoms with Gasteiger partial charge in [0.1, 0.15) is 12.2 Å². The van der Waals surface area contributed by atoms with E-state index in [1.54, 1.807) is 18.9 Å². The molecule has 11 nitrogen and oxygen atoms in total. The van der Waals surface area contributed by atoms with Crippen LogP contribution >= 0.6 is 0 Å². The molecule has 2 heterocycles. The number of amides is 2. The first-order chi connectivity index (χ1) is 19.0. The Morgan fingerprint density at radius 3 is 2.30 bits per heavy atom. The van der Waals surface area contributed by atoms with Crippen molar-refractivity contribution in [2.45, 2.75) is 122 Å². The number of rotatable bonds is 16. The third-order valence-electron chi connectivity index (χ3n) is 6.98. The van der Waals surface area contributed by atoms with Gasteiger partial charge in [-0.2, -0.15) is 0 Å². The number of nitrogens with zero attached hydrogens (tertiary/aromatic N) is 1. The van der Waals surface area contributed by atoms with Gasteiger partial charge in [0.15, 0.2) is 6.29 Å². The van der Waals surface area contributed by atoms with Crippen molar-refractivity contribution in [2.75, 3.05) is 40.0 Å². The van der Waals surface area contributed by atoms with Gasteiger partial charge in [0.05, 0.1) is 31.5 Å². The predicted molar refractivity (Wildman–Crippen MR) is 151 cm³/mol. The van der Waals surface area contributed by atoms with Crippen LogP contribution < -0.4 is 5.32 Å². The summed E-state index contributed by atoms with van der Waals surface area (Å²) in [4.78, 5) is 26.2. The molecule has 5 N–H and O–H groups in total. The second-order valence-corrected chi connectivity index (χ2v) is 11.7. The van der Waals surface area contributed by atoms with Gasteiger partial charge >= 0.3 is 0 Å². The maximum Gasteiger partial charge on any atom is 0.222 e. The third-order valence-corrected chi connectivity index (χ3v) is 6.98. The summed E-state index contributed by atoms with van der Waals surface area (Å²) in [5.74, 6) is 0.480. The molecule has 2 saturated heterocycles. The van der Waals surface area contributed by atoms with E-state index in [1.165, 1.54) is 0 Å².